The topological polar surface area (TPSA) is 68.9 Å². The maximum absolute atomic E-state index is 6.25. The Labute approximate surface area is 192 Å². The highest BCUT2D eigenvalue weighted by Gasteiger charge is 2.11. The first kappa shape index (κ1) is 20.4. The van der Waals surface area contributed by atoms with Crippen LogP contribution in [0.25, 0.3) is 32.5 Å². The summed E-state index contributed by atoms with van der Waals surface area (Å²) in [4.78, 5) is 4.58. The first-order chi connectivity index (χ1) is 15.6. The van der Waals surface area contributed by atoms with Gasteiger partial charge in [0.1, 0.15) is 11.3 Å². The van der Waals surface area contributed by atoms with Crippen molar-refractivity contribution >= 4 is 49.3 Å². The SMILES string of the molecule is COc1ccc(-c2cc(=NNc3nc4ccccc4s3)c3cc(Cl)ccc3o2)cc1OC. The van der Waals surface area contributed by atoms with E-state index >= 15 is 0 Å². The van der Waals surface area contributed by atoms with E-state index < -0.39 is 0 Å². The number of anilines is 1. The molecule has 5 aromatic rings. The summed E-state index contributed by atoms with van der Waals surface area (Å²) in [5.41, 5.74) is 5.50. The summed E-state index contributed by atoms with van der Waals surface area (Å²) in [6.07, 6.45) is 0. The molecule has 2 aromatic heterocycles. The third kappa shape index (κ3) is 3.88. The van der Waals surface area contributed by atoms with Crippen LogP contribution in [0.5, 0.6) is 11.5 Å². The van der Waals surface area contributed by atoms with Crippen LogP contribution in [0.4, 0.5) is 5.13 Å². The predicted octanol–water partition coefficient (Wildman–Crippen LogP) is 6.31. The third-order valence-corrected chi connectivity index (χ3v) is 6.12. The fourth-order valence-corrected chi connectivity index (χ4v) is 4.37. The summed E-state index contributed by atoms with van der Waals surface area (Å²) >= 11 is 7.79. The molecule has 2 heterocycles. The lowest BCUT2D eigenvalue weighted by atomic mass is 10.1. The molecule has 0 atom stereocenters. The molecular weight excluding hydrogens is 446 g/mol. The molecule has 0 saturated carbocycles. The molecule has 160 valence electrons. The van der Waals surface area contributed by atoms with Crippen LogP contribution in [0.3, 0.4) is 0 Å². The van der Waals surface area contributed by atoms with Gasteiger partial charge in [-0.2, -0.15) is 5.10 Å². The normalized spacial score (nSPS) is 11.8. The van der Waals surface area contributed by atoms with Gasteiger partial charge in [0.05, 0.1) is 29.8 Å². The molecule has 0 aliphatic rings. The smallest absolute Gasteiger partial charge is 0.204 e. The fourth-order valence-electron chi connectivity index (χ4n) is 3.39. The van der Waals surface area contributed by atoms with Crippen LogP contribution in [0, 0.1) is 0 Å². The first-order valence-electron chi connectivity index (χ1n) is 9.76. The predicted molar refractivity (Wildman–Crippen MR) is 129 cm³/mol. The maximum atomic E-state index is 6.25. The molecule has 3 aromatic carbocycles. The van der Waals surface area contributed by atoms with Crippen LogP contribution in [0.2, 0.25) is 5.02 Å². The number of para-hydroxylation sites is 1. The van der Waals surface area contributed by atoms with Gasteiger partial charge in [-0.15, -0.1) is 0 Å². The van der Waals surface area contributed by atoms with Crippen molar-refractivity contribution in [3.8, 4) is 22.8 Å². The zero-order valence-corrected chi connectivity index (χ0v) is 18.8. The minimum atomic E-state index is 0.600. The van der Waals surface area contributed by atoms with E-state index in [-0.39, 0.29) is 0 Å². The number of halogens is 1. The number of ether oxygens (including phenoxy) is 2. The highest BCUT2D eigenvalue weighted by Crippen LogP contribution is 2.33. The number of nitrogens with one attached hydrogen (secondary N) is 1. The van der Waals surface area contributed by atoms with Crippen molar-refractivity contribution in [3.63, 3.8) is 0 Å². The van der Waals surface area contributed by atoms with Gasteiger partial charge < -0.3 is 13.9 Å². The average molecular weight is 464 g/mol. The Kier molecular flexibility index (Phi) is 5.43. The number of methoxy groups -OCH3 is 2. The van der Waals surface area contributed by atoms with Gasteiger partial charge in [-0.3, -0.25) is 5.43 Å². The molecule has 1 N–H and O–H groups in total. The molecule has 0 aliphatic carbocycles. The van der Waals surface area contributed by atoms with E-state index in [0.717, 1.165) is 21.2 Å². The Hall–Kier alpha value is -3.55. The lowest BCUT2D eigenvalue weighted by Gasteiger charge is -2.10. The van der Waals surface area contributed by atoms with Crippen LogP contribution in [0.1, 0.15) is 0 Å². The summed E-state index contributed by atoms with van der Waals surface area (Å²) < 4.78 is 18.0. The highest BCUT2D eigenvalue weighted by atomic mass is 35.5. The van der Waals surface area contributed by atoms with Crippen molar-refractivity contribution in [3.05, 3.63) is 77.1 Å². The van der Waals surface area contributed by atoms with Crippen molar-refractivity contribution in [1.82, 2.24) is 4.98 Å². The van der Waals surface area contributed by atoms with Crippen molar-refractivity contribution in [2.75, 3.05) is 19.6 Å². The molecule has 0 bridgehead atoms. The molecule has 0 unspecified atom stereocenters. The molecule has 0 saturated heterocycles. The zero-order chi connectivity index (χ0) is 22.1. The van der Waals surface area contributed by atoms with Crippen molar-refractivity contribution in [2.24, 2.45) is 5.10 Å². The van der Waals surface area contributed by atoms with Crippen LogP contribution >= 0.6 is 22.9 Å². The van der Waals surface area contributed by atoms with Gasteiger partial charge in [-0.05, 0) is 48.5 Å². The van der Waals surface area contributed by atoms with Gasteiger partial charge in [-0.1, -0.05) is 35.1 Å². The summed E-state index contributed by atoms with van der Waals surface area (Å²) in [7, 11) is 3.20. The third-order valence-electron chi connectivity index (χ3n) is 4.94. The number of nitrogens with zero attached hydrogens (tertiary/aromatic N) is 2. The van der Waals surface area contributed by atoms with Crippen molar-refractivity contribution < 1.29 is 13.9 Å². The van der Waals surface area contributed by atoms with Crippen LogP contribution in [-0.4, -0.2) is 19.2 Å². The van der Waals surface area contributed by atoms with Gasteiger partial charge in [0.2, 0.25) is 5.13 Å². The zero-order valence-electron chi connectivity index (χ0n) is 17.3. The lowest BCUT2D eigenvalue weighted by molar-refractivity contribution is 0.355. The van der Waals surface area contributed by atoms with Gasteiger partial charge in [0, 0.05) is 22.0 Å². The number of fused-ring (bicyclic) bond motifs is 2. The van der Waals surface area contributed by atoms with Crippen LogP contribution < -0.4 is 20.3 Å². The minimum absolute atomic E-state index is 0.600. The molecular formula is C24H18ClN3O3S. The summed E-state index contributed by atoms with van der Waals surface area (Å²) in [6.45, 7) is 0. The number of hydrogen-bond donors (Lipinski definition) is 1. The highest BCUT2D eigenvalue weighted by molar-refractivity contribution is 7.22. The number of hydrogen-bond acceptors (Lipinski definition) is 7. The molecule has 0 spiro atoms. The second-order valence-corrected chi connectivity index (χ2v) is 8.38. The molecule has 32 heavy (non-hydrogen) atoms. The molecule has 0 aliphatic heterocycles. The number of thiazole rings is 1. The average Bonchev–Trinajstić information content (AvgIpc) is 3.25. The van der Waals surface area contributed by atoms with E-state index in [1.165, 1.54) is 11.3 Å². The summed E-state index contributed by atoms with van der Waals surface area (Å²) in [5.74, 6) is 1.89. The van der Waals surface area contributed by atoms with Crippen molar-refractivity contribution in [2.45, 2.75) is 0 Å². The quantitative estimate of drug-likeness (QED) is 0.309. The summed E-state index contributed by atoms with van der Waals surface area (Å²) in [5, 5.41) is 7.40. The molecule has 0 amide bonds. The molecule has 6 nitrogen and oxygen atoms in total. The van der Waals surface area contributed by atoms with E-state index in [9.17, 15) is 0 Å². The molecule has 8 heteroatoms. The van der Waals surface area contributed by atoms with E-state index in [2.05, 4.69) is 15.5 Å². The first-order valence-corrected chi connectivity index (χ1v) is 10.9. The van der Waals surface area contributed by atoms with E-state index in [1.807, 2.05) is 60.7 Å². The van der Waals surface area contributed by atoms with Crippen LogP contribution in [-0.2, 0) is 0 Å². The van der Waals surface area contributed by atoms with E-state index in [1.54, 1.807) is 20.3 Å². The largest absolute Gasteiger partial charge is 0.493 e. The fraction of sp³-hybridized carbons (Fsp3) is 0.0833. The Bertz CT molecular complexity index is 1480. The Morgan fingerprint density at radius 3 is 2.62 bits per heavy atom. The second kappa shape index (κ2) is 8.53. The minimum Gasteiger partial charge on any atom is -0.493 e. The molecule has 0 radical (unpaired) electrons. The van der Waals surface area contributed by atoms with E-state index in [0.29, 0.717) is 38.4 Å². The van der Waals surface area contributed by atoms with E-state index in [4.69, 9.17) is 25.5 Å². The molecule has 0 fully saturated rings. The van der Waals surface area contributed by atoms with Gasteiger partial charge in [0.25, 0.3) is 0 Å². The maximum Gasteiger partial charge on any atom is 0.204 e. The Balaban J connectivity index is 1.63. The monoisotopic (exact) mass is 463 g/mol. The van der Waals surface area contributed by atoms with Gasteiger partial charge in [-0.25, -0.2) is 4.98 Å². The van der Waals surface area contributed by atoms with Gasteiger partial charge >= 0.3 is 0 Å². The van der Waals surface area contributed by atoms with Gasteiger partial charge in [0.15, 0.2) is 11.5 Å². The number of benzene rings is 3. The standard InChI is InChI=1S/C24H18ClN3O3S/c1-29-20-9-7-14(11-22(20)30-2)21-13-18(16-12-15(25)8-10-19(16)31-21)27-28-24-26-17-5-3-4-6-23(17)32-24/h3-13H,1-2H3,(H,26,28). The summed E-state index contributed by atoms with van der Waals surface area (Å²) in [6, 6.07) is 20.9. The number of aromatic nitrogens is 1. The van der Waals surface area contributed by atoms with Crippen molar-refractivity contribution in [1.29, 1.82) is 0 Å². The lowest BCUT2D eigenvalue weighted by Crippen LogP contribution is -2.07. The number of rotatable bonds is 5. The Morgan fingerprint density at radius 1 is 0.969 bits per heavy atom. The second-order valence-electron chi connectivity index (χ2n) is 6.92. The molecule has 5 rings (SSSR count). The van der Waals surface area contributed by atoms with Crippen LogP contribution in [0.15, 0.2) is 76.2 Å². The Morgan fingerprint density at radius 2 is 1.81 bits per heavy atom.